The SMILES string of the molecule is CN=Cc1cccc(C)n1. The highest BCUT2D eigenvalue weighted by atomic mass is 14.7. The van der Waals surface area contributed by atoms with E-state index >= 15 is 0 Å². The monoisotopic (exact) mass is 134 g/mol. The van der Waals surface area contributed by atoms with Crippen LogP contribution in [0.5, 0.6) is 0 Å². The standard InChI is InChI=1S/C8H10N2/c1-7-4-3-5-8(10-7)6-9-2/h3-6H,1-2H3. The fraction of sp³-hybridized carbons (Fsp3) is 0.250. The van der Waals surface area contributed by atoms with Gasteiger partial charge in [0, 0.05) is 19.0 Å². The quantitative estimate of drug-likeness (QED) is 0.533. The molecule has 0 aromatic carbocycles. The molecule has 0 saturated heterocycles. The normalized spacial score (nSPS) is 10.6. The summed E-state index contributed by atoms with van der Waals surface area (Å²) in [4.78, 5) is 8.07. The van der Waals surface area contributed by atoms with Crippen LogP contribution in [-0.4, -0.2) is 18.2 Å². The molecule has 0 atom stereocenters. The first-order valence-corrected chi connectivity index (χ1v) is 3.19. The molecule has 0 bridgehead atoms. The Morgan fingerprint density at radius 2 is 2.30 bits per heavy atom. The Hall–Kier alpha value is -1.18. The molecule has 0 aliphatic rings. The van der Waals surface area contributed by atoms with Crippen LogP contribution in [0.2, 0.25) is 0 Å². The molecule has 0 aliphatic heterocycles. The van der Waals surface area contributed by atoms with Gasteiger partial charge < -0.3 is 0 Å². The Morgan fingerprint density at radius 1 is 1.50 bits per heavy atom. The molecule has 0 aliphatic carbocycles. The van der Waals surface area contributed by atoms with E-state index in [-0.39, 0.29) is 0 Å². The highest BCUT2D eigenvalue weighted by molar-refractivity contribution is 5.76. The zero-order valence-electron chi connectivity index (χ0n) is 6.20. The van der Waals surface area contributed by atoms with Crippen molar-refractivity contribution in [2.24, 2.45) is 4.99 Å². The molecule has 1 heterocycles. The van der Waals surface area contributed by atoms with Crippen LogP contribution in [0, 0.1) is 6.92 Å². The van der Waals surface area contributed by atoms with Crippen molar-refractivity contribution in [3.05, 3.63) is 29.6 Å². The molecule has 0 unspecified atom stereocenters. The summed E-state index contributed by atoms with van der Waals surface area (Å²) in [6, 6.07) is 5.87. The Kier molecular flexibility index (Phi) is 2.15. The molecule has 0 spiro atoms. The van der Waals surface area contributed by atoms with Gasteiger partial charge in [-0.25, -0.2) is 0 Å². The van der Waals surface area contributed by atoms with E-state index in [1.165, 1.54) is 0 Å². The van der Waals surface area contributed by atoms with Crippen LogP contribution < -0.4 is 0 Å². The van der Waals surface area contributed by atoms with E-state index in [9.17, 15) is 0 Å². The highest BCUT2D eigenvalue weighted by Gasteiger charge is 1.86. The third-order valence-corrected chi connectivity index (χ3v) is 1.17. The predicted molar refractivity (Wildman–Crippen MR) is 42.5 cm³/mol. The number of hydrogen-bond donors (Lipinski definition) is 0. The van der Waals surface area contributed by atoms with E-state index < -0.39 is 0 Å². The molecule has 1 aromatic rings. The van der Waals surface area contributed by atoms with E-state index in [4.69, 9.17) is 0 Å². The minimum Gasteiger partial charge on any atom is -0.294 e. The van der Waals surface area contributed by atoms with Crippen molar-refractivity contribution in [3.8, 4) is 0 Å². The van der Waals surface area contributed by atoms with Crippen LogP contribution in [-0.2, 0) is 0 Å². The molecule has 0 amide bonds. The third kappa shape index (κ3) is 1.65. The average Bonchev–Trinajstić information content (AvgIpc) is 1.88. The van der Waals surface area contributed by atoms with Gasteiger partial charge in [-0.1, -0.05) is 6.07 Å². The van der Waals surface area contributed by atoms with Crippen molar-refractivity contribution in [1.82, 2.24) is 4.98 Å². The number of aryl methyl sites for hydroxylation is 1. The molecule has 10 heavy (non-hydrogen) atoms. The molecule has 52 valence electrons. The van der Waals surface area contributed by atoms with Gasteiger partial charge in [-0.05, 0) is 19.1 Å². The van der Waals surface area contributed by atoms with Gasteiger partial charge in [-0.3, -0.25) is 9.98 Å². The van der Waals surface area contributed by atoms with Gasteiger partial charge in [0.25, 0.3) is 0 Å². The minimum atomic E-state index is 0.919. The summed E-state index contributed by atoms with van der Waals surface area (Å²) in [6.45, 7) is 1.97. The van der Waals surface area contributed by atoms with Crippen LogP contribution in [0.3, 0.4) is 0 Å². The largest absolute Gasteiger partial charge is 0.294 e. The van der Waals surface area contributed by atoms with Crippen molar-refractivity contribution < 1.29 is 0 Å². The summed E-state index contributed by atoms with van der Waals surface area (Å²) in [5.41, 5.74) is 1.94. The van der Waals surface area contributed by atoms with Crippen LogP contribution in [0.15, 0.2) is 23.2 Å². The first-order valence-electron chi connectivity index (χ1n) is 3.19. The van der Waals surface area contributed by atoms with Crippen molar-refractivity contribution >= 4 is 6.21 Å². The molecule has 0 fully saturated rings. The van der Waals surface area contributed by atoms with Crippen molar-refractivity contribution in [3.63, 3.8) is 0 Å². The summed E-state index contributed by atoms with van der Waals surface area (Å²) in [5.74, 6) is 0. The van der Waals surface area contributed by atoms with Crippen molar-refractivity contribution in [2.75, 3.05) is 7.05 Å². The summed E-state index contributed by atoms with van der Waals surface area (Å²) in [7, 11) is 1.74. The number of nitrogens with zero attached hydrogens (tertiary/aromatic N) is 2. The second kappa shape index (κ2) is 3.11. The lowest BCUT2D eigenvalue weighted by molar-refractivity contribution is 1.18. The van der Waals surface area contributed by atoms with E-state index in [2.05, 4.69) is 9.98 Å². The number of aromatic nitrogens is 1. The Morgan fingerprint density at radius 3 is 2.90 bits per heavy atom. The Bertz CT molecular complexity index is 241. The molecule has 2 nitrogen and oxygen atoms in total. The maximum absolute atomic E-state index is 4.21. The second-order valence-corrected chi connectivity index (χ2v) is 2.09. The van der Waals surface area contributed by atoms with Crippen molar-refractivity contribution in [2.45, 2.75) is 6.92 Å². The van der Waals surface area contributed by atoms with E-state index in [1.807, 2.05) is 25.1 Å². The molecule has 1 aromatic heterocycles. The first-order chi connectivity index (χ1) is 4.83. The topological polar surface area (TPSA) is 25.2 Å². The molecular formula is C8H10N2. The molecular weight excluding hydrogens is 124 g/mol. The number of rotatable bonds is 1. The van der Waals surface area contributed by atoms with Gasteiger partial charge in [0.2, 0.25) is 0 Å². The highest BCUT2D eigenvalue weighted by Crippen LogP contribution is 1.93. The number of hydrogen-bond acceptors (Lipinski definition) is 2. The van der Waals surface area contributed by atoms with Crippen LogP contribution in [0.4, 0.5) is 0 Å². The van der Waals surface area contributed by atoms with E-state index in [0.29, 0.717) is 0 Å². The molecule has 0 N–H and O–H groups in total. The molecule has 2 heteroatoms. The number of aliphatic imine (C=N–C) groups is 1. The van der Waals surface area contributed by atoms with Gasteiger partial charge in [0.15, 0.2) is 0 Å². The fourth-order valence-electron chi connectivity index (χ4n) is 0.768. The van der Waals surface area contributed by atoms with Crippen LogP contribution in [0.1, 0.15) is 11.4 Å². The van der Waals surface area contributed by atoms with Gasteiger partial charge in [0.1, 0.15) is 0 Å². The van der Waals surface area contributed by atoms with E-state index in [0.717, 1.165) is 11.4 Å². The Balaban J connectivity index is 2.95. The zero-order chi connectivity index (χ0) is 7.40. The number of pyridine rings is 1. The summed E-state index contributed by atoms with van der Waals surface area (Å²) in [6.07, 6.45) is 1.74. The molecule has 0 radical (unpaired) electrons. The Labute approximate surface area is 60.6 Å². The molecule has 0 saturated carbocycles. The van der Waals surface area contributed by atoms with Gasteiger partial charge in [-0.2, -0.15) is 0 Å². The lowest BCUT2D eigenvalue weighted by Gasteiger charge is -1.91. The summed E-state index contributed by atoms with van der Waals surface area (Å²) >= 11 is 0. The maximum atomic E-state index is 4.21. The smallest absolute Gasteiger partial charge is 0.0810 e. The van der Waals surface area contributed by atoms with Crippen LogP contribution in [0.25, 0.3) is 0 Å². The minimum absolute atomic E-state index is 0.919. The lowest BCUT2D eigenvalue weighted by atomic mass is 10.3. The van der Waals surface area contributed by atoms with Crippen molar-refractivity contribution in [1.29, 1.82) is 0 Å². The third-order valence-electron chi connectivity index (χ3n) is 1.17. The first kappa shape index (κ1) is 6.93. The van der Waals surface area contributed by atoms with E-state index in [1.54, 1.807) is 13.3 Å². The van der Waals surface area contributed by atoms with Gasteiger partial charge >= 0.3 is 0 Å². The lowest BCUT2D eigenvalue weighted by Crippen LogP contribution is -1.88. The second-order valence-electron chi connectivity index (χ2n) is 2.09. The van der Waals surface area contributed by atoms with Gasteiger partial charge in [-0.15, -0.1) is 0 Å². The summed E-state index contributed by atoms with van der Waals surface area (Å²) < 4.78 is 0. The summed E-state index contributed by atoms with van der Waals surface area (Å²) in [5, 5.41) is 0. The zero-order valence-corrected chi connectivity index (χ0v) is 6.20. The average molecular weight is 134 g/mol. The molecule has 1 rings (SSSR count). The van der Waals surface area contributed by atoms with Crippen LogP contribution >= 0.6 is 0 Å². The fourth-order valence-corrected chi connectivity index (χ4v) is 0.768. The predicted octanol–water partition coefficient (Wildman–Crippen LogP) is 1.44. The maximum Gasteiger partial charge on any atom is 0.0810 e. The van der Waals surface area contributed by atoms with Gasteiger partial charge in [0.05, 0.1) is 5.69 Å².